The van der Waals surface area contributed by atoms with E-state index in [1.807, 2.05) is 24.3 Å². The smallest absolute Gasteiger partial charge is 0.250 e. The first-order valence-electron chi connectivity index (χ1n) is 7.88. The molecule has 6 nitrogen and oxygen atoms in total. The van der Waals surface area contributed by atoms with Crippen LogP contribution in [0.2, 0.25) is 0 Å². The topological polar surface area (TPSA) is 76.4 Å². The van der Waals surface area contributed by atoms with Crippen LogP contribution in [0.5, 0.6) is 0 Å². The molecule has 2 N–H and O–H groups in total. The molecule has 122 valence electrons. The van der Waals surface area contributed by atoms with Gasteiger partial charge in [0.05, 0.1) is 12.8 Å². The van der Waals surface area contributed by atoms with E-state index in [-0.39, 0.29) is 12.5 Å². The van der Waals surface area contributed by atoms with E-state index in [2.05, 4.69) is 15.6 Å². The Hall–Kier alpha value is -2.18. The number of ether oxygens (including phenoxy) is 1. The second kappa shape index (κ2) is 7.89. The van der Waals surface area contributed by atoms with Crippen LogP contribution in [-0.2, 0) is 9.53 Å². The van der Waals surface area contributed by atoms with Gasteiger partial charge in [-0.1, -0.05) is 0 Å². The van der Waals surface area contributed by atoms with Crippen molar-refractivity contribution in [2.75, 3.05) is 31.6 Å². The second-order valence-corrected chi connectivity index (χ2v) is 5.72. The molecule has 1 aromatic carbocycles. The molecule has 1 saturated heterocycles. The van der Waals surface area contributed by atoms with Gasteiger partial charge in [0.2, 0.25) is 5.91 Å². The first-order valence-corrected chi connectivity index (χ1v) is 7.88. The molecule has 1 fully saturated rings. The number of hydrogen-bond donors (Lipinski definition) is 2. The minimum absolute atomic E-state index is 0.0837. The largest absolute Gasteiger partial charge is 0.444 e. The second-order valence-electron chi connectivity index (χ2n) is 5.72. The van der Waals surface area contributed by atoms with Gasteiger partial charge in [0.25, 0.3) is 0 Å². The molecule has 23 heavy (non-hydrogen) atoms. The average Bonchev–Trinajstić information content (AvgIpc) is 3.11. The molecule has 2 aromatic rings. The molecule has 1 aliphatic rings. The van der Waals surface area contributed by atoms with Gasteiger partial charge in [-0.05, 0) is 49.6 Å². The lowest BCUT2D eigenvalue weighted by Crippen LogP contribution is -2.33. The fourth-order valence-corrected chi connectivity index (χ4v) is 2.66. The minimum atomic E-state index is -0.138. The summed E-state index contributed by atoms with van der Waals surface area (Å²) < 4.78 is 10.7. The SMILES string of the molecule is O=C(COCC1CCCNC1)Nc1ccc(-c2cnco2)cc1. The molecule has 0 saturated carbocycles. The third kappa shape index (κ3) is 4.64. The normalized spacial score (nSPS) is 17.8. The number of nitrogens with one attached hydrogen (secondary N) is 2. The van der Waals surface area contributed by atoms with Gasteiger partial charge < -0.3 is 19.8 Å². The fourth-order valence-electron chi connectivity index (χ4n) is 2.66. The van der Waals surface area contributed by atoms with E-state index >= 15 is 0 Å². The van der Waals surface area contributed by atoms with Crippen LogP contribution in [0.4, 0.5) is 5.69 Å². The molecule has 0 spiro atoms. The van der Waals surface area contributed by atoms with Crippen LogP contribution >= 0.6 is 0 Å². The number of oxazole rings is 1. The Morgan fingerprint density at radius 2 is 2.26 bits per heavy atom. The molecular weight excluding hydrogens is 294 g/mol. The number of amides is 1. The summed E-state index contributed by atoms with van der Waals surface area (Å²) in [4.78, 5) is 15.8. The molecule has 1 amide bonds. The molecule has 1 aliphatic heterocycles. The zero-order valence-electron chi connectivity index (χ0n) is 13.0. The molecule has 0 radical (unpaired) electrons. The highest BCUT2D eigenvalue weighted by Crippen LogP contribution is 2.20. The third-order valence-corrected chi connectivity index (χ3v) is 3.87. The van der Waals surface area contributed by atoms with Crippen LogP contribution in [0, 0.1) is 5.92 Å². The maximum Gasteiger partial charge on any atom is 0.250 e. The first kappa shape index (κ1) is 15.7. The Morgan fingerprint density at radius 3 is 2.96 bits per heavy atom. The molecule has 6 heteroatoms. The Morgan fingerprint density at radius 1 is 1.39 bits per heavy atom. The molecule has 1 atom stereocenters. The lowest BCUT2D eigenvalue weighted by atomic mass is 10.0. The maximum atomic E-state index is 11.9. The third-order valence-electron chi connectivity index (χ3n) is 3.87. The predicted octanol–water partition coefficient (Wildman–Crippen LogP) is 2.30. The van der Waals surface area contributed by atoms with E-state index in [0.29, 0.717) is 18.3 Å². The van der Waals surface area contributed by atoms with Gasteiger partial charge in [-0.15, -0.1) is 0 Å². The monoisotopic (exact) mass is 315 g/mol. The van der Waals surface area contributed by atoms with E-state index in [4.69, 9.17) is 9.15 Å². The molecule has 3 rings (SSSR count). The zero-order valence-corrected chi connectivity index (χ0v) is 13.0. The van der Waals surface area contributed by atoms with Crippen LogP contribution in [0.3, 0.4) is 0 Å². The van der Waals surface area contributed by atoms with Gasteiger partial charge >= 0.3 is 0 Å². The van der Waals surface area contributed by atoms with Gasteiger partial charge in [0.1, 0.15) is 6.61 Å². The van der Waals surface area contributed by atoms with Gasteiger partial charge in [0, 0.05) is 17.8 Å². The van der Waals surface area contributed by atoms with E-state index in [1.165, 1.54) is 12.8 Å². The van der Waals surface area contributed by atoms with Crippen molar-refractivity contribution in [3.8, 4) is 11.3 Å². The van der Waals surface area contributed by atoms with Crippen molar-refractivity contribution in [1.29, 1.82) is 0 Å². The standard InChI is InChI=1S/C17H21N3O3/c21-17(11-22-10-13-2-1-7-18-8-13)20-15-5-3-14(4-6-15)16-9-19-12-23-16/h3-6,9,12-13,18H,1-2,7-8,10-11H2,(H,20,21). The summed E-state index contributed by atoms with van der Waals surface area (Å²) >= 11 is 0. The summed E-state index contributed by atoms with van der Waals surface area (Å²) in [6.45, 7) is 2.77. The van der Waals surface area contributed by atoms with E-state index in [1.54, 1.807) is 6.20 Å². The Labute approximate surface area is 135 Å². The van der Waals surface area contributed by atoms with Gasteiger partial charge in [-0.25, -0.2) is 4.98 Å². The van der Waals surface area contributed by atoms with Crippen molar-refractivity contribution in [1.82, 2.24) is 10.3 Å². The number of hydrogen-bond acceptors (Lipinski definition) is 5. The van der Waals surface area contributed by atoms with E-state index < -0.39 is 0 Å². The van der Waals surface area contributed by atoms with E-state index in [9.17, 15) is 4.79 Å². The number of piperidine rings is 1. The van der Waals surface area contributed by atoms with Gasteiger partial charge in [0.15, 0.2) is 12.2 Å². The van der Waals surface area contributed by atoms with Gasteiger partial charge in [-0.2, -0.15) is 0 Å². The summed E-state index contributed by atoms with van der Waals surface area (Å²) in [6, 6.07) is 7.43. The molecule has 0 bridgehead atoms. The lowest BCUT2D eigenvalue weighted by Gasteiger charge is -2.22. The van der Waals surface area contributed by atoms with Crippen molar-refractivity contribution >= 4 is 11.6 Å². The van der Waals surface area contributed by atoms with Crippen molar-refractivity contribution in [3.63, 3.8) is 0 Å². The predicted molar refractivity (Wildman–Crippen MR) is 87.0 cm³/mol. The van der Waals surface area contributed by atoms with E-state index in [0.717, 1.165) is 30.8 Å². The molecule has 2 heterocycles. The zero-order chi connectivity index (χ0) is 15.9. The summed E-state index contributed by atoms with van der Waals surface area (Å²) in [7, 11) is 0. The number of aromatic nitrogens is 1. The summed E-state index contributed by atoms with van der Waals surface area (Å²) in [5.74, 6) is 1.08. The first-order chi connectivity index (χ1) is 11.3. The van der Waals surface area contributed by atoms with Crippen LogP contribution in [-0.4, -0.2) is 37.2 Å². The molecule has 1 unspecified atom stereocenters. The summed E-state index contributed by atoms with van der Waals surface area (Å²) in [6.07, 6.45) is 5.39. The number of carbonyl (C=O) groups excluding carboxylic acids is 1. The number of anilines is 1. The van der Waals surface area contributed by atoms with Crippen LogP contribution in [0.25, 0.3) is 11.3 Å². The fraction of sp³-hybridized carbons (Fsp3) is 0.412. The summed E-state index contributed by atoms with van der Waals surface area (Å²) in [5, 5.41) is 6.16. The van der Waals surface area contributed by atoms with Crippen molar-refractivity contribution in [3.05, 3.63) is 36.9 Å². The average molecular weight is 315 g/mol. The highest BCUT2D eigenvalue weighted by atomic mass is 16.5. The number of nitrogens with zero attached hydrogens (tertiary/aromatic N) is 1. The maximum absolute atomic E-state index is 11.9. The lowest BCUT2D eigenvalue weighted by molar-refractivity contribution is -0.121. The molecular formula is C17H21N3O3. The van der Waals surface area contributed by atoms with Crippen molar-refractivity contribution < 1.29 is 13.9 Å². The van der Waals surface area contributed by atoms with Crippen LogP contribution in [0.1, 0.15) is 12.8 Å². The number of carbonyl (C=O) groups is 1. The minimum Gasteiger partial charge on any atom is -0.444 e. The number of rotatable bonds is 6. The highest BCUT2D eigenvalue weighted by molar-refractivity contribution is 5.91. The quantitative estimate of drug-likeness (QED) is 0.855. The van der Waals surface area contributed by atoms with Crippen LogP contribution in [0.15, 0.2) is 41.3 Å². The van der Waals surface area contributed by atoms with Crippen LogP contribution < -0.4 is 10.6 Å². The Balaban J connectivity index is 1.42. The molecule has 1 aromatic heterocycles. The Kier molecular flexibility index (Phi) is 5.39. The molecule has 0 aliphatic carbocycles. The number of benzene rings is 1. The van der Waals surface area contributed by atoms with Crippen molar-refractivity contribution in [2.24, 2.45) is 5.92 Å². The highest BCUT2D eigenvalue weighted by Gasteiger charge is 2.13. The van der Waals surface area contributed by atoms with Crippen molar-refractivity contribution in [2.45, 2.75) is 12.8 Å². The summed E-state index contributed by atoms with van der Waals surface area (Å²) in [5.41, 5.74) is 1.66. The Bertz CT molecular complexity index is 605. The van der Waals surface area contributed by atoms with Gasteiger partial charge in [-0.3, -0.25) is 4.79 Å².